The molecule has 0 aromatic heterocycles. The zero-order chi connectivity index (χ0) is 15.4. The van der Waals surface area contributed by atoms with Gasteiger partial charge in [0.25, 0.3) is 5.69 Å². The average Bonchev–Trinajstić information content (AvgIpc) is 2.49. The maximum Gasteiger partial charge on any atom is 0.270 e. The lowest BCUT2D eigenvalue weighted by atomic mass is 10.2. The number of halogens is 1. The molecule has 2 rings (SSSR count). The highest BCUT2D eigenvalue weighted by molar-refractivity contribution is 5.80. The Balaban J connectivity index is 2.38. The Kier molecular flexibility index (Phi) is 3.90. The van der Waals surface area contributed by atoms with Crippen LogP contribution in [0.25, 0.3) is 0 Å². The fourth-order valence-corrected chi connectivity index (χ4v) is 1.61. The van der Waals surface area contributed by atoms with Gasteiger partial charge in [-0.2, -0.15) is 5.26 Å². The van der Waals surface area contributed by atoms with Crippen LogP contribution < -0.4 is 4.74 Å². The van der Waals surface area contributed by atoms with Crippen LogP contribution in [0.15, 0.2) is 36.4 Å². The molecule has 0 bridgehead atoms. The highest BCUT2D eigenvalue weighted by Gasteiger charge is 2.13. The van der Waals surface area contributed by atoms with Crippen molar-refractivity contribution in [2.45, 2.75) is 0 Å². The third kappa shape index (κ3) is 3.01. The SMILES string of the molecule is N#Cc1ccc(Oc2ccc([N+](=O)[O-])cc2C=O)c(F)c1. The molecule has 0 unspecified atom stereocenters. The molecule has 0 aliphatic heterocycles. The van der Waals surface area contributed by atoms with Crippen LogP contribution in [0.1, 0.15) is 15.9 Å². The van der Waals surface area contributed by atoms with Gasteiger partial charge >= 0.3 is 0 Å². The number of aldehydes is 1. The quantitative estimate of drug-likeness (QED) is 0.488. The molecule has 6 nitrogen and oxygen atoms in total. The normalized spacial score (nSPS) is 9.71. The Labute approximate surface area is 118 Å². The van der Waals surface area contributed by atoms with Crippen molar-refractivity contribution >= 4 is 12.0 Å². The van der Waals surface area contributed by atoms with Crippen LogP contribution in [0.4, 0.5) is 10.1 Å². The van der Waals surface area contributed by atoms with Gasteiger partial charge in [-0.15, -0.1) is 0 Å². The first-order valence-electron chi connectivity index (χ1n) is 5.66. The number of rotatable bonds is 4. The molecule has 0 saturated heterocycles. The lowest BCUT2D eigenvalue weighted by molar-refractivity contribution is -0.384. The molecule has 0 radical (unpaired) electrons. The minimum absolute atomic E-state index is 0.0146. The average molecular weight is 286 g/mol. The molecule has 0 spiro atoms. The van der Waals surface area contributed by atoms with E-state index in [1.54, 1.807) is 6.07 Å². The van der Waals surface area contributed by atoms with Gasteiger partial charge in [0.2, 0.25) is 0 Å². The summed E-state index contributed by atoms with van der Waals surface area (Å²) in [6, 6.07) is 8.74. The summed E-state index contributed by atoms with van der Waals surface area (Å²) < 4.78 is 18.9. The van der Waals surface area contributed by atoms with Gasteiger partial charge in [0.15, 0.2) is 17.9 Å². The van der Waals surface area contributed by atoms with Gasteiger partial charge in [0, 0.05) is 12.1 Å². The molecule has 0 amide bonds. The largest absolute Gasteiger partial charge is 0.454 e. The summed E-state index contributed by atoms with van der Waals surface area (Å²) in [5.74, 6) is -0.977. The van der Waals surface area contributed by atoms with Crippen LogP contribution in [0.5, 0.6) is 11.5 Å². The third-order valence-corrected chi connectivity index (χ3v) is 2.61. The van der Waals surface area contributed by atoms with Crippen molar-refractivity contribution < 1.29 is 18.8 Å². The van der Waals surface area contributed by atoms with E-state index in [1.807, 2.05) is 0 Å². The number of carbonyl (C=O) groups is 1. The molecular formula is C14H7FN2O4. The number of nitrogens with zero attached hydrogens (tertiary/aromatic N) is 2. The molecule has 0 N–H and O–H groups in total. The van der Waals surface area contributed by atoms with Crippen molar-refractivity contribution in [3.8, 4) is 17.6 Å². The fraction of sp³-hybridized carbons (Fsp3) is 0. The number of hydrogen-bond acceptors (Lipinski definition) is 5. The molecule has 21 heavy (non-hydrogen) atoms. The second-order valence-corrected chi connectivity index (χ2v) is 3.96. The molecule has 0 aliphatic rings. The second-order valence-electron chi connectivity index (χ2n) is 3.96. The van der Waals surface area contributed by atoms with Crippen molar-refractivity contribution in [3.05, 3.63) is 63.5 Å². The zero-order valence-electron chi connectivity index (χ0n) is 10.4. The Morgan fingerprint density at radius 2 is 1.95 bits per heavy atom. The Bertz CT molecular complexity index is 768. The molecule has 0 atom stereocenters. The summed E-state index contributed by atoms with van der Waals surface area (Å²) in [7, 11) is 0. The summed E-state index contributed by atoms with van der Waals surface area (Å²) in [5.41, 5.74) is -0.225. The number of nitriles is 1. The number of ether oxygens (including phenoxy) is 1. The second kappa shape index (κ2) is 5.79. The topological polar surface area (TPSA) is 93.2 Å². The third-order valence-electron chi connectivity index (χ3n) is 2.61. The first kappa shape index (κ1) is 14.1. The van der Waals surface area contributed by atoms with Gasteiger partial charge < -0.3 is 4.74 Å². The van der Waals surface area contributed by atoms with Gasteiger partial charge in [-0.3, -0.25) is 14.9 Å². The van der Waals surface area contributed by atoms with Crippen LogP contribution in [-0.4, -0.2) is 11.2 Å². The lowest BCUT2D eigenvalue weighted by Gasteiger charge is -2.08. The molecule has 2 aromatic carbocycles. The Hall–Kier alpha value is -3.27. The van der Waals surface area contributed by atoms with E-state index in [2.05, 4.69) is 0 Å². The number of nitro groups is 1. The van der Waals surface area contributed by atoms with Gasteiger partial charge in [-0.05, 0) is 24.3 Å². The van der Waals surface area contributed by atoms with E-state index in [1.165, 1.54) is 18.2 Å². The van der Waals surface area contributed by atoms with E-state index in [-0.39, 0.29) is 28.3 Å². The van der Waals surface area contributed by atoms with Crippen molar-refractivity contribution in [3.63, 3.8) is 0 Å². The van der Waals surface area contributed by atoms with Crippen LogP contribution in [0.3, 0.4) is 0 Å². The van der Waals surface area contributed by atoms with Crippen LogP contribution in [0.2, 0.25) is 0 Å². The minimum atomic E-state index is -0.774. The molecule has 0 aliphatic carbocycles. The predicted molar refractivity (Wildman–Crippen MR) is 69.7 cm³/mol. The Morgan fingerprint density at radius 3 is 2.52 bits per heavy atom. The van der Waals surface area contributed by atoms with Gasteiger partial charge in [-0.1, -0.05) is 0 Å². The standard InChI is InChI=1S/C14H7FN2O4/c15-12-5-9(7-16)1-3-14(12)21-13-4-2-11(17(19)20)6-10(13)8-18/h1-6,8H. The van der Waals surface area contributed by atoms with Crippen LogP contribution >= 0.6 is 0 Å². The summed E-state index contributed by atoms with van der Waals surface area (Å²) in [6.45, 7) is 0. The summed E-state index contributed by atoms with van der Waals surface area (Å²) in [6.07, 6.45) is 0.379. The number of non-ortho nitro benzene ring substituents is 1. The van der Waals surface area contributed by atoms with Gasteiger partial charge in [-0.25, -0.2) is 4.39 Å². The summed E-state index contributed by atoms with van der Waals surface area (Å²) in [4.78, 5) is 20.9. The zero-order valence-corrected chi connectivity index (χ0v) is 10.4. The molecule has 0 heterocycles. The number of carbonyl (C=O) groups excluding carboxylic acids is 1. The van der Waals surface area contributed by atoms with E-state index in [0.717, 1.165) is 18.2 Å². The number of nitro benzene ring substituents is 1. The maximum atomic E-state index is 13.7. The molecule has 0 fully saturated rings. The van der Waals surface area contributed by atoms with E-state index < -0.39 is 10.7 Å². The monoisotopic (exact) mass is 286 g/mol. The first-order valence-corrected chi connectivity index (χ1v) is 5.66. The van der Waals surface area contributed by atoms with Crippen molar-refractivity contribution in [1.82, 2.24) is 0 Å². The maximum absolute atomic E-state index is 13.7. The van der Waals surface area contributed by atoms with Gasteiger partial charge in [0.05, 0.1) is 22.1 Å². The molecule has 7 heteroatoms. The number of hydrogen-bond donors (Lipinski definition) is 0. The highest BCUT2D eigenvalue weighted by Crippen LogP contribution is 2.29. The van der Waals surface area contributed by atoms with Crippen molar-refractivity contribution in [1.29, 1.82) is 5.26 Å². The minimum Gasteiger partial charge on any atom is -0.454 e. The van der Waals surface area contributed by atoms with Gasteiger partial charge in [0.1, 0.15) is 5.75 Å². The lowest BCUT2D eigenvalue weighted by Crippen LogP contribution is -1.95. The van der Waals surface area contributed by atoms with E-state index in [9.17, 15) is 19.3 Å². The molecular weight excluding hydrogens is 279 g/mol. The smallest absolute Gasteiger partial charge is 0.270 e. The van der Waals surface area contributed by atoms with E-state index in [4.69, 9.17) is 10.00 Å². The van der Waals surface area contributed by atoms with Crippen LogP contribution in [-0.2, 0) is 0 Å². The van der Waals surface area contributed by atoms with E-state index >= 15 is 0 Å². The number of benzene rings is 2. The summed E-state index contributed by atoms with van der Waals surface area (Å²) in [5, 5.41) is 19.3. The Morgan fingerprint density at radius 1 is 1.24 bits per heavy atom. The molecule has 0 saturated carbocycles. The predicted octanol–water partition coefficient (Wildman–Crippen LogP) is 3.21. The van der Waals surface area contributed by atoms with Crippen LogP contribution in [0, 0.1) is 27.3 Å². The summed E-state index contributed by atoms with van der Waals surface area (Å²) >= 11 is 0. The van der Waals surface area contributed by atoms with E-state index in [0.29, 0.717) is 6.29 Å². The highest BCUT2D eigenvalue weighted by atomic mass is 19.1. The molecule has 104 valence electrons. The van der Waals surface area contributed by atoms with Crippen molar-refractivity contribution in [2.75, 3.05) is 0 Å². The first-order chi connectivity index (χ1) is 10.0. The molecule has 2 aromatic rings. The fourth-order valence-electron chi connectivity index (χ4n) is 1.61. The van der Waals surface area contributed by atoms with Crippen molar-refractivity contribution in [2.24, 2.45) is 0 Å².